The summed E-state index contributed by atoms with van der Waals surface area (Å²) in [6.07, 6.45) is 0.413. The highest BCUT2D eigenvalue weighted by molar-refractivity contribution is 5.85. The summed E-state index contributed by atoms with van der Waals surface area (Å²) in [6.45, 7) is 6.33. The second kappa shape index (κ2) is 11.4. The van der Waals surface area contributed by atoms with E-state index in [1.165, 1.54) is 12.0 Å². The molecule has 0 radical (unpaired) electrons. The predicted molar refractivity (Wildman–Crippen MR) is 119 cm³/mol. The summed E-state index contributed by atoms with van der Waals surface area (Å²) >= 11 is 0. The molecule has 3 rings (SSSR count). The summed E-state index contributed by atoms with van der Waals surface area (Å²) in [7, 11) is 1.34. The Labute approximate surface area is 183 Å². The molecule has 7 heteroatoms. The minimum Gasteiger partial charge on any atom is -0.492 e. The van der Waals surface area contributed by atoms with Crippen LogP contribution in [0.25, 0.3) is 0 Å². The Hall–Kier alpha value is -3.06. The van der Waals surface area contributed by atoms with E-state index in [0.717, 1.165) is 43.2 Å². The number of nitrogens with zero attached hydrogens (tertiary/aromatic N) is 1. The number of quaternary nitrogens is 1. The Kier molecular flexibility index (Phi) is 8.29. The van der Waals surface area contributed by atoms with E-state index in [-0.39, 0.29) is 5.91 Å². The predicted octanol–water partition coefficient (Wildman–Crippen LogP) is 0.691. The van der Waals surface area contributed by atoms with E-state index in [1.807, 2.05) is 55.5 Å². The summed E-state index contributed by atoms with van der Waals surface area (Å²) < 4.78 is 10.6. The van der Waals surface area contributed by atoms with Crippen LogP contribution < -0.4 is 19.9 Å². The smallest absolute Gasteiger partial charge is 0.328 e. The number of carbonyl (C=O) groups excluding carboxylic acids is 2. The lowest BCUT2D eigenvalue weighted by Crippen LogP contribution is -3.16. The van der Waals surface area contributed by atoms with Crippen LogP contribution in [0.5, 0.6) is 5.75 Å². The summed E-state index contributed by atoms with van der Waals surface area (Å²) in [5, 5.41) is 2.86. The van der Waals surface area contributed by atoms with Crippen LogP contribution in [0, 0.1) is 0 Å². The Morgan fingerprint density at radius 2 is 1.74 bits per heavy atom. The number of ether oxygens (including phenoxy) is 2. The van der Waals surface area contributed by atoms with Crippen molar-refractivity contribution in [2.45, 2.75) is 19.4 Å². The molecule has 1 heterocycles. The van der Waals surface area contributed by atoms with E-state index in [9.17, 15) is 9.59 Å². The zero-order valence-corrected chi connectivity index (χ0v) is 18.3. The van der Waals surface area contributed by atoms with Crippen LogP contribution >= 0.6 is 0 Å². The maximum Gasteiger partial charge on any atom is 0.328 e. The molecule has 0 saturated carbocycles. The van der Waals surface area contributed by atoms with Crippen molar-refractivity contribution < 1.29 is 24.0 Å². The fourth-order valence-corrected chi connectivity index (χ4v) is 3.89. The molecule has 2 N–H and O–H groups in total. The van der Waals surface area contributed by atoms with Gasteiger partial charge in [-0.25, -0.2) is 4.79 Å². The van der Waals surface area contributed by atoms with Crippen molar-refractivity contribution in [1.29, 1.82) is 0 Å². The zero-order chi connectivity index (χ0) is 22.1. The van der Waals surface area contributed by atoms with Crippen molar-refractivity contribution >= 4 is 17.6 Å². The largest absolute Gasteiger partial charge is 0.492 e. The lowest BCUT2D eigenvalue weighted by molar-refractivity contribution is -0.892. The van der Waals surface area contributed by atoms with Crippen LogP contribution in [0.2, 0.25) is 0 Å². The number of hydrogen-bond donors (Lipinski definition) is 2. The van der Waals surface area contributed by atoms with E-state index in [0.29, 0.717) is 19.6 Å². The van der Waals surface area contributed by atoms with Gasteiger partial charge >= 0.3 is 5.97 Å². The fraction of sp³-hybridized carbons (Fsp3) is 0.417. The number of hydrogen-bond acceptors (Lipinski definition) is 5. The molecule has 1 atom stereocenters. The third-order valence-electron chi connectivity index (χ3n) is 5.49. The number of piperazine rings is 1. The number of carbonyl (C=O) groups is 2. The first kappa shape index (κ1) is 22.6. The van der Waals surface area contributed by atoms with Gasteiger partial charge in [-0.05, 0) is 24.6 Å². The van der Waals surface area contributed by atoms with E-state index in [4.69, 9.17) is 9.47 Å². The van der Waals surface area contributed by atoms with Gasteiger partial charge in [0.15, 0.2) is 6.54 Å². The number of anilines is 1. The molecular formula is C24H32N3O4+. The van der Waals surface area contributed by atoms with Crippen LogP contribution in [-0.4, -0.2) is 64.4 Å². The van der Waals surface area contributed by atoms with Gasteiger partial charge in [0.25, 0.3) is 5.91 Å². The van der Waals surface area contributed by atoms with Crippen molar-refractivity contribution in [2.24, 2.45) is 0 Å². The Bertz CT molecular complexity index is 851. The lowest BCUT2D eigenvalue weighted by Gasteiger charge is -2.34. The maximum atomic E-state index is 12.6. The minimum absolute atomic E-state index is 0.135. The number of benzene rings is 2. The van der Waals surface area contributed by atoms with Gasteiger partial charge in [0.05, 0.1) is 45.6 Å². The van der Waals surface area contributed by atoms with Crippen LogP contribution in [0.1, 0.15) is 12.5 Å². The van der Waals surface area contributed by atoms with Crippen molar-refractivity contribution in [3.8, 4) is 5.75 Å². The molecule has 166 valence electrons. The average molecular weight is 427 g/mol. The van der Waals surface area contributed by atoms with Crippen molar-refractivity contribution in [1.82, 2.24) is 5.32 Å². The van der Waals surface area contributed by atoms with Gasteiger partial charge in [0.2, 0.25) is 0 Å². The Morgan fingerprint density at radius 1 is 1.06 bits per heavy atom. The monoisotopic (exact) mass is 426 g/mol. The minimum atomic E-state index is -0.682. The van der Waals surface area contributed by atoms with Crippen molar-refractivity contribution in [2.75, 3.05) is 51.3 Å². The van der Waals surface area contributed by atoms with E-state index in [2.05, 4.69) is 16.3 Å². The summed E-state index contributed by atoms with van der Waals surface area (Å²) in [5.41, 5.74) is 2.08. The number of rotatable bonds is 9. The maximum absolute atomic E-state index is 12.6. The molecule has 1 saturated heterocycles. The Morgan fingerprint density at radius 3 is 2.42 bits per heavy atom. The number of esters is 1. The normalized spacial score (nSPS) is 15.2. The molecule has 0 aromatic heterocycles. The molecule has 2 aromatic carbocycles. The molecule has 0 aliphatic carbocycles. The highest BCUT2D eigenvalue weighted by Gasteiger charge is 2.27. The first-order valence-electron chi connectivity index (χ1n) is 10.8. The average Bonchev–Trinajstić information content (AvgIpc) is 2.80. The number of methoxy groups -OCH3 is 1. The molecule has 0 bridgehead atoms. The molecule has 2 aromatic rings. The molecule has 0 spiro atoms. The quantitative estimate of drug-likeness (QED) is 0.578. The summed E-state index contributed by atoms with van der Waals surface area (Å²) in [4.78, 5) is 28.3. The third kappa shape index (κ3) is 6.46. The van der Waals surface area contributed by atoms with Gasteiger partial charge in [-0.2, -0.15) is 0 Å². The molecule has 1 aliphatic rings. The standard InChI is InChI=1S/C24H31N3O4/c1-3-31-22-12-8-7-11-21(22)27-15-13-26(14-16-27)18-23(28)25-20(24(29)30-2)17-19-9-5-4-6-10-19/h4-12,20H,3,13-18H2,1-2H3,(H,25,28)/p+1/t20-/m1/s1. The van der Waals surface area contributed by atoms with Crippen molar-refractivity contribution in [3.63, 3.8) is 0 Å². The van der Waals surface area contributed by atoms with E-state index in [1.54, 1.807) is 0 Å². The van der Waals surface area contributed by atoms with Gasteiger partial charge in [-0.1, -0.05) is 42.5 Å². The lowest BCUT2D eigenvalue weighted by atomic mass is 10.1. The van der Waals surface area contributed by atoms with Gasteiger partial charge in [-0.15, -0.1) is 0 Å². The van der Waals surface area contributed by atoms with Gasteiger partial charge in [0.1, 0.15) is 11.8 Å². The third-order valence-corrected chi connectivity index (χ3v) is 5.49. The number of amides is 1. The second-order valence-corrected chi connectivity index (χ2v) is 7.65. The van der Waals surface area contributed by atoms with Gasteiger partial charge in [0, 0.05) is 6.42 Å². The van der Waals surface area contributed by atoms with Crippen LogP contribution in [-0.2, 0) is 20.7 Å². The van der Waals surface area contributed by atoms with E-state index >= 15 is 0 Å². The van der Waals surface area contributed by atoms with Crippen molar-refractivity contribution in [3.05, 3.63) is 60.2 Å². The highest BCUT2D eigenvalue weighted by Crippen LogP contribution is 2.27. The first-order valence-corrected chi connectivity index (χ1v) is 10.8. The van der Waals surface area contributed by atoms with E-state index < -0.39 is 12.0 Å². The molecule has 1 aliphatic heterocycles. The first-order chi connectivity index (χ1) is 15.1. The molecule has 7 nitrogen and oxygen atoms in total. The molecule has 31 heavy (non-hydrogen) atoms. The summed E-state index contributed by atoms with van der Waals surface area (Å²) in [6, 6.07) is 17.0. The SMILES string of the molecule is CCOc1ccccc1N1CC[NH+](CC(=O)N[C@H](Cc2ccccc2)C(=O)OC)CC1. The molecular weight excluding hydrogens is 394 g/mol. The van der Waals surface area contributed by atoms with Crippen LogP contribution in [0.15, 0.2) is 54.6 Å². The van der Waals surface area contributed by atoms with Crippen LogP contribution in [0.4, 0.5) is 5.69 Å². The fourth-order valence-electron chi connectivity index (χ4n) is 3.89. The second-order valence-electron chi connectivity index (χ2n) is 7.65. The topological polar surface area (TPSA) is 72.3 Å². The molecule has 1 fully saturated rings. The number of nitrogens with one attached hydrogen (secondary N) is 2. The highest BCUT2D eigenvalue weighted by atomic mass is 16.5. The number of para-hydroxylation sites is 2. The van der Waals surface area contributed by atoms with Gasteiger partial charge in [-0.3, -0.25) is 4.79 Å². The van der Waals surface area contributed by atoms with Gasteiger partial charge < -0.3 is 24.6 Å². The Balaban J connectivity index is 1.52. The molecule has 0 unspecified atom stereocenters. The summed E-state index contributed by atoms with van der Waals surface area (Å²) in [5.74, 6) is 0.335. The molecule has 1 amide bonds. The zero-order valence-electron chi connectivity index (χ0n) is 18.3. The van der Waals surface area contributed by atoms with Crippen LogP contribution in [0.3, 0.4) is 0 Å².